The Labute approximate surface area is 138 Å². The lowest BCUT2D eigenvalue weighted by Gasteiger charge is -2.15. The molecule has 0 heterocycles. The molecule has 0 fully saturated rings. The number of benzene rings is 1. The number of ether oxygens (including phenoxy) is 2. The van der Waals surface area contributed by atoms with Crippen LogP contribution in [-0.2, 0) is 4.74 Å². The van der Waals surface area contributed by atoms with Gasteiger partial charge in [0.15, 0.2) is 0 Å². The van der Waals surface area contributed by atoms with E-state index in [1.54, 1.807) is 24.3 Å². The van der Waals surface area contributed by atoms with Crippen molar-refractivity contribution in [2.45, 2.75) is 45.8 Å². The van der Waals surface area contributed by atoms with Gasteiger partial charge in [-0.15, -0.1) is 0 Å². The lowest BCUT2D eigenvalue weighted by atomic mass is 10.3. The highest BCUT2D eigenvalue weighted by Crippen LogP contribution is 2.16. The smallest absolute Gasteiger partial charge is 0.411 e. The van der Waals surface area contributed by atoms with Crippen LogP contribution in [0.3, 0.4) is 0 Å². The van der Waals surface area contributed by atoms with Gasteiger partial charge in [0.05, 0.1) is 6.61 Å². The molecule has 1 rings (SSSR count). The quantitative estimate of drug-likeness (QED) is 0.577. The molecular weight excluding hydrogens is 296 g/mol. The molecule has 0 aliphatic carbocycles. The minimum atomic E-state index is -0.566. The topological polar surface area (TPSA) is 79.8 Å². The predicted molar refractivity (Wildman–Crippen MR) is 91.0 cm³/mol. The van der Waals surface area contributed by atoms with E-state index in [4.69, 9.17) is 9.47 Å². The molecule has 1 atom stereocenters. The zero-order chi connectivity index (χ0) is 17.1. The number of rotatable bonds is 10. The molecule has 6 heteroatoms. The van der Waals surface area contributed by atoms with Gasteiger partial charge in [-0.3, -0.25) is 5.32 Å². The highest BCUT2D eigenvalue weighted by Gasteiger charge is 2.07. The van der Waals surface area contributed by atoms with Gasteiger partial charge in [0.25, 0.3) is 0 Å². The zero-order valence-electron chi connectivity index (χ0n) is 14.2. The number of carbonyl (C=O) groups excluding carboxylic acids is 1. The van der Waals surface area contributed by atoms with Crippen LogP contribution >= 0.6 is 0 Å². The van der Waals surface area contributed by atoms with Gasteiger partial charge >= 0.3 is 6.09 Å². The van der Waals surface area contributed by atoms with Crippen LogP contribution in [0, 0.1) is 0 Å². The number of unbranched alkanes of at least 4 members (excludes halogenated alkanes) is 1. The van der Waals surface area contributed by atoms with E-state index in [9.17, 15) is 9.90 Å². The van der Waals surface area contributed by atoms with Crippen LogP contribution < -0.4 is 15.4 Å². The van der Waals surface area contributed by atoms with Gasteiger partial charge < -0.3 is 19.9 Å². The monoisotopic (exact) mass is 324 g/mol. The van der Waals surface area contributed by atoms with Gasteiger partial charge in [-0.05, 0) is 30.7 Å². The summed E-state index contributed by atoms with van der Waals surface area (Å²) in [4.78, 5) is 11.5. The summed E-state index contributed by atoms with van der Waals surface area (Å²) in [6.07, 6.45) is 0.817. The summed E-state index contributed by atoms with van der Waals surface area (Å²) < 4.78 is 10.5. The Morgan fingerprint density at radius 2 is 1.96 bits per heavy atom. The fourth-order valence-corrected chi connectivity index (χ4v) is 1.72. The molecule has 0 spiro atoms. The second-order valence-corrected chi connectivity index (χ2v) is 5.67. The van der Waals surface area contributed by atoms with Crippen LogP contribution in [0.2, 0.25) is 0 Å². The van der Waals surface area contributed by atoms with Gasteiger partial charge in [0.2, 0.25) is 0 Å². The third kappa shape index (κ3) is 9.05. The minimum absolute atomic E-state index is 0.214. The Hall–Kier alpha value is -1.79. The van der Waals surface area contributed by atoms with Crippen molar-refractivity contribution in [1.29, 1.82) is 0 Å². The number of aliphatic hydroxyl groups is 1. The van der Waals surface area contributed by atoms with Crippen molar-refractivity contribution in [3.63, 3.8) is 0 Å². The maximum Gasteiger partial charge on any atom is 0.411 e. The van der Waals surface area contributed by atoms with Gasteiger partial charge in [-0.25, -0.2) is 4.79 Å². The van der Waals surface area contributed by atoms with E-state index in [1.807, 2.05) is 20.8 Å². The van der Waals surface area contributed by atoms with Crippen molar-refractivity contribution in [1.82, 2.24) is 5.32 Å². The van der Waals surface area contributed by atoms with E-state index < -0.39 is 12.2 Å². The Morgan fingerprint density at radius 3 is 2.57 bits per heavy atom. The second kappa shape index (κ2) is 10.9. The maximum atomic E-state index is 11.5. The van der Waals surface area contributed by atoms with Crippen LogP contribution in [0.25, 0.3) is 0 Å². The summed E-state index contributed by atoms with van der Waals surface area (Å²) in [6, 6.07) is 7.27. The minimum Gasteiger partial charge on any atom is -0.491 e. The first-order valence-electron chi connectivity index (χ1n) is 8.09. The first-order valence-corrected chi connectivity index (χ1v) is 8.09. The summed E-state index contributed by atoms with van der Waals surface area (Å²) in [5, 5.41) is 15.6. The number of carbonyl (C=O) groups is 1. The molecule has 130 valence electrons. The molecular formula is C17H28N2O4. The summed E-state index contributed by atoms with van der Waals surface area (Å²) in [5.74, 6) is 0.637. The molecule has 0 aliphatic rings. The molecule has 0 aliphatic heterocycles. The van der Waals surface area contributed by atoms with Crippen LogP contribution in [0.1, 0.15) is 33.6 Å². The average molecular weight is 324 g/mol. The Balaban J connectivity index is 2.31. The molecule has 1 aromatic carbocycles. The van der Waals surface area contributed by atoms with Gasteiger partial charge in [0.1, 0.15) is 18.5 Å². The summed E-state index contributed by atoms with van der Waals surface area (Å²) in [6.45, 7) is 7.20. The lowest BCUT2D eigenvalue weighted by molar-refractivity contribution is 0.104. The lowest BCUT2D eigenvalue weighted by Crippen LogP contribution is -2.35. The highest BCUT2D eigenvalue weighted by atomic mass is 16.5. The van der Waals surface area contributed by atoms with Crippen LogP contribution in [0.4, 0.5) is 10.5 Å². The molecule has 0 saturated heterocycles. The van der Waals surface area contributed by atoms with Crippen LogP contribution in [-0.4, -0.2) is 43.1 Å². The number of aliphatic hydroxyl groups excluding tert-OH is 1. The fraction of sp³-hybridized carbons (Fsp3) is 0.588. The van der Waals surface area contributed by atoms with Crippen molar-refractivity contribution >= 4 is 11.8 Å². The third-order valence-corrected chi connectivity index (χ3v) is 3.04. The largest absolute Gasteiger partial charge is 0.491 e. The number of amides is 1. The standard InChI is InChI=1S/C17H28N2O4/c1-4-5-10-22-17(21)19-14-6-8-16(9-7-14)23-12-15(20)11-18-13(2)3/h6-9,13,15,18,20H,4-5,10-12H2,1-3H3,(H,19,21). The number of anilines is 1. The molecule has 1 unspecified atom stereocenters. The molecule has 23 heavy (non-hydrogen) atoms. The molecule has 0 aromatic heterocycles. The molecule has 6 nitrogen and oxygen atoms in total. The van der Waals surface area contributed by atoms with Crippen molar-refractivity contribution in [2.75, 3.05) is 25.1 Å². The van der Waals surface area contributed by atoms with Crippen molar-refractivity contribution in [2.24, 2.45) is 0 Å². The first kappa shape index (κ1) is 19.3. The van der Waals surface area contributed by atoms with E-state index in [-0.39, 0.29) is 6.61 Å². The van der Waals surface area contributed by atoms with Crippen LogP contribution in [0.15, 0.2) is 24.3 Å². The molecule has 1 aromatic rings. The number of hydrogen-bond donors (Lipinski definition) is 3. The van der Waals surface area contributed by atoms with Crippen molar-refractivity contribution in [3.8, 4) is 5.75 Å². The molecule has 1 amide bonds. The third-order valence-electron chi connectivity index (χ3n) is 3.04. The average Bonchev–Trinajstić information content (AvgIpc) is 2.52. The second-order valence-electron chi connectivity index (χ2n) is 5.67. The van der Waals surface area contributed by atoms with E-state index >= 15 is 0 Å². The van der Waals surface area contributed by atoms with E-state index in [1.165, 1.54) is 0 Å². The number of hydrogen-bond acceptors (Lipinski definition) is 5. The first-order chi connectivity index (χ1) is 11.0. The van der Waals surface area contributed by atoms with E-state index in [0.717, 1.165) is 12.8 Å². The molecule has 3 N–H and O–H groups in total. The predicted octanol–water partition coefficient (Wildman–Crippen LogP) is 2.77. The van der Waals surface area contributed by atoms with Crippen LogP contribution in [0.5, 0.6) is 5.75 Å². The highest BCUT2D eigenvalue weighted by molar-refractivity contribution is 5.84. The van der Waals surface area contributed by atoms with Gasteiger partial charge in [0, 0.05) is 18.3 Å². The Kier molecular flexibility index (Phi) is 9.09. The van der Waals surface area contributed by atoms with Crippen molar-refractivity contribution in [3.05, 3.63) is 24.3 Å². The van der Waals surface area contributed by atoms with E-state index in [0.29, 0.717) is 30.6 Å². The van der Waals surface area contributed by atoms with Gasteiger partial charge in [-0.2, -0.15) is 0 Å². The Bertz CT molecular complexity index is 448. The number of nitrogens with one attached hydrogen (secondary N) is 2. The Morgan fingerprint density at radius 1 is 1.26 bits per heavy atom. The summed E-state index contributed by atoms with van der Waals surface area (Å²) in [5.41, 5.74) is 0.640. The van der Waals surface area contributed by atoms with E-state index in [2.05, 4.69) is 10.6 Å². The normalized spacial score (nSPS) is 12.0. The maximum absolute atomic E-state index is 11.5. The SMILES string of the molecule is CCCCOC(=O)Nc1ccc(OCC(O)CNC(C)C)cc1. The summed E-state index contributed by atoms with van der Waals surface area (Å²) >= 11 is 0. The van der Waals surface area contributed by atoms with Gasteiger partial charge in [-0.1, -0.05) is 27.2 Å². The zero-order valence-corrected chi connectivity index (χ0v) is 14.2. The molecule has 0 radical (unpaired) electrons. The fourth-order valence-electron chi connectivity index (χ4n) is 1.72. The summed E-state index contributed by atoms with van der Waals surface area (Å²) in [7, 11) is 0. The molecule has 0 saturated carbocycles. The molecule has 0 bridgehead atoms. The van der Waals surface area contributed by atoms with Crippen molar-refractivity contribution < 1.29 is 19.4 Å².